The fourth-order valence-electron chi connectivity index (χ4n) is 3.18. The maximum Gasteiger partial charge on any atom is 0.303 e. The van der Waals surface area contributed by atoms with Crippen molar-refractivity contribution in [3.63, 3.8) is 0 Å². The molecule has 0 aliphatic heterocycles. The van der Waals surface area contributed by atoms with Gasteiger partial charge < -0.3 is 24.4 Å². The summed E-state index contributed by atoms with van der Waals surface area (Å²) < 4.78 is 16.8. The Hall–Kier alpha value is -3.48. The van der Waals surface area contributed by atoms with E-state index in [0.29, 0.717) is 30.1 Å². The number of ether oxygens (including phenoxy) is 3. The van der Waals surface area contributed by atoms with E-state index < -0.39 is 11.9 Å². The van der Waals surface area contributed by atoms with E-state index in [4.69, 9.17) is 24.4 Å². The number of methoxy groups -OCH3 is 1. The standard InChI is InChI=1S/C26H32O7/c1-31-21-14-12-20(13-15-21)8-4-2-3-5-18-32-23-9-6-10-24(22(23)16-17-26(29)30)33-19-7-11-25(27)28/h4,6,8-10,12-15H,2-3,5,7,11,16-19H2,1H3,(H,27,28)(H,29,30)/b8-4+. The lowest BCUT2D eigenvalue weighted by atomic mass is 10.1. The molecule has 0 fully saturated rings. The van der Waals surface area contributed by atoms with Gasteiger partial charge in [0.25, 0.3) is 0 Å². The number of carbonyl (C=O) groups is 2. The third kappa shape index (κ3) is 10.1. The predicted molar refractivity (Wildman–Crippen MR) is 126 cm³/mol. The quantitative estimate of drug-likeness (QED) is 0.334. The van der Waals surface area contributed by atoms with Gasteiger partial charge in [-0.2, -0.15) is 0 Å². The first-order chi connectivity index (χ1) is 16.0. The first kappa shape index (κ1) is 25.8. The van der Waals surface area contributed by atoms with E-state index in [2.05, 4.69) is 12.2 Å². The summed E-state index contributed by atoms with van der Waals surface area (Å²) >= 11 is 0. The molecule has 0 bridgehead atoms. The van der Waals surface area contributed by atoms with Crippen molar-refractivity contribution in [3.05, 3.63) is 59.7 Å². The molecular weight excluding hydrogens is 424 g/mol. The SMILES string of the molecule is COc1ccc(/C=C/CCCCOc2cccc(OCCCC(=O)O)c2CCC(=O)O)cc1. The van der Waals surface area contributed by atoms with Crippen molar-refractivity contribution in [3.8, 4) is 17.2 Å². The van der Waals surface area contributed by atoms with Crippen LogP contribution in [0.15, 0.2) is 48.5 Å². The van der Waals surface area contributed by atoms with Crippen LogP contribution in [0.3, 0.4) is 0 Å². The molecule has 0 aliphatic rings. The van der Waals surface area contributed by atoms with Crippen LogP contribution in [0.25, 0.3) is 6.08 Å². The summed E-state index contributed by atoms with van der Waals surface area (Å²) in [5.41, 5.74) is 1.82. The molecule has 0 spiro atoms. The molecule has 2 N–H and O–H groups in total. The molecule has 7 heteroatoms. The van der Waals surface area contributed by atoms with Crippen LogP contribution in [0.2, 0.25) is 0 Å². The number of unbranched alkanes of at least 4 members (excludes halogenated alkanes) is 2. The molecule has 2 rings (SSSR count). The van der Waals surface area contributed by atoms with Gasteiger partial charge in [-0.3, -0.25) is 9.59 Å². The molecule has 0 atom stereocenters. The lowest BCUT2D eigenvalue weighted by Crippen LogP contribution is -2.07. The van der Waals surface area contributed by atoms with Crippen molar-refractivity contribution in [2.75, 3.05) is 20.3 Å². The average Bonchev–Trinajstić information content (AvgIpc) is 2.80. The van der Waals surface area contributed by atoms with Gasteiger partial charge in [-0.1, -0.05) is 30.4 Å². The minimum absolute atomic E-state index is 0.0214. The number of rotatable bonds is 16. The Kier molecular flexibility index (Phi) is 11.4. The molecule has 2 aromatic carbocycles. The molecule has 0 aliphatic carbocycles. The summed E-state index contributed by atoms with van der Waals surface area (Å²) in [6, 6.07) is 13.2. The molecular formula is C26H32O7. The van der Waals surface area contributed by atoms with Gasteiger partial charge in [0.2, 0.25) is 0 Å². The van der Waals surface area contributed by atoms with Crippen LogP contribution < -0.4 is 14.2 Å². The number of benzene rings is 2. The van der Waals surface area contributed by atoms with Crippen LogP contribution in [0, 0.1) is 0 Å². The molecule has 0 radical (unpaired) electrons. The fraction of sp³-hybridized carbons (Fsp3) is 0.385. The van der Waals surface area contributed by atoms with Gasteiger partial charge in [0.05, 0.1) is 20.3 Å². The summed E-state index contributed by atoms with van der Waals surface area (Å²) in [4.78, 5) is 21.7. The number of hydrogen-bond donors (Lipinski definition) is 2. The number of carboxylic acids is 2. The van der Waals surface area contributed by atoms with Gasteiger partial charge in [-0.15, -0.1) is 0 Å². The van der Waals surface area contributed by atoms with Crippen molar-refractivity contribution < 1.29 is 34.0 Å². The Labute approximate surface area is 194 Å². The normalized spacial score (nSPS) is 10.8. The highest BCUT2D eigenvalue weighted by atomic mass is 16.5. The highest BCUT2D eigenvalue weighted by molar-refractivity contribution is 5.67. The monoisotopic (exact) mass is 456 g/mol. The van der Waals surface area contributed by atoms with Gasteiger partial charge in [-0.25, -0.2) is 0 Å². The van der Waals surface area contributed by atoms with E-state index in [1.54, 1.807) is 19.2 Å². The van der Waals surface area contributed by atoms with E-state index >= 15 is 0 Å². The largest absolute Gasteiger partial charge is 0.497 e. The number of allylic oxidation sites excluding steroid dienone is 1. The van der Waals surface area contributed by atoms with Crippen LogP contribution in [0.4, 0.5) is 0 Å². The highest BCUT2D eigenvalue weighted by Gasteiger charge is 2.13. The first-order valence-corrected chi connectivity index (χ1v) is 11.1. The second kappa shape index (κ2) is 14.6. The maximum absolute atomic E-state index is 11.1. The third-order valence-electron chi connectivity index (χ3n) is 4.92. The Bertz CT molecular complexity index is 903. The summed E-state index contributed by atoms with van der Waals surface area (Å²) in [6.07, 6.45) is 7.59. The van der Waals surface area contributed by atoms with E-state index in [9.17, 15) is 9.59 Å². The Morgan fingerprint density at radius 3 is 2.09 bits per heavy atom. The van der Waals surface area contributed by atoms with Gasteiger partial charge >= 0.3 is 11.9 Å². The van der Waals surface area contributed by atoms with Crippen molar-refractivity contribution in [1.82, 2.24) is 0 Å². The highest BCUT2D eigenvalue weighted by Crippen LogP contribution is 2.30. The molecule has 0 aromatic heterocycles. The smallest absolute Gasteiger partial charge is 0.303 e. The summed E-state index contributed by atoms with van der Waals surface area (Å²) in [5, 5.41) is 17.8. The van der Waals surface area contributed by atoms with E-state index in [1.165, 1.54) is 0 Å². The predicted octanol–water partition coefficient (Wildman–Crippen LogP) is 5.22. The zero-order chi connectivity index (χ0) is 23.9. The van der Waals surface area contributed by atoms with E-state index in [-0.39, 0.29) is 25.9 Å². The van der Waals surface area contributed by atoms with Crippen LogP contribution in [-0.4, -0.2) is 42.5 Å². The lowest BCUT2D eigenvalue weighted by molar-refractivity contribution is -0.138. The second-order valence-corrected chi connectivity index (χ2v) is 7.49. The first-order valence-electron chi connectivity index (χ1n) is 11.1. The topological polar surface area (TPSA) is 102 Å². The zero-order valence-corrected chi connectivity index (χ0v) is 19.0. The fourth-order valence-corrected chi connectivity index (χ4v) is 3.18. The Balaban J connectivity index is 1.83. The van der Waals surface area contributed by atoms with Crippen LogP contribution in [0.1, 0.15) is 49.7 Å². The summed E-state index contributed by atoms with van der Waals surface area (Å²) in [5.74, 6) is 0.218. The molecule has 2 aromatic rings. The molecule has 0 saturated carbocycles. The van der Waals surface area contributed by atoms with Crippen molar-refractivity contribution in [2.45, 2.75) is 44.9 Å². The van der Waals surface area contributed by atoms with Crippen molar-refractivity contribution in [2.24, 2.45) is 0 Å². The van der Waals surface area contributed by atoms with Gasteiger partial charge in [0.15, 0.2) is 0 Å². The number of aliphatic carboxylic acids is 2. The zero-order valence-electron chi connectivity index (χ0n) is 19.0. The van der Waals surface area contributed by atoms with Crippen LogP contribution in [-0.2, 0) is 16.0 Å². The summed E-state index contributed by atoms with van der Waals surface area (Å²) in [6.45, 7) is 0.759. The second-order valence-electron chi connectivity index (χ2n) is 7.49. The number of hydrogen-bond acceptors (Lipinski definition) is 5. The minimum atomic E-state index is -0.898. The van der Waals surface area contributed by atoms with Gasteiger partial charge in [-0.05, 0) is 61.9 Å². The molecule has 0 unspecified atom stereocenters. The van der Waals surface area contributed by atoms with E-state index in [0.717, 1.165) is 30.6 Å². The molecule has 0 amide bonds. The van der Waals surface area contributed by atoms with Gasteiger partial charge in [0, 0.05) is 18.4 Å². The van der Waals surface area contributed by atoms with Crippen molar-refractivity contribution >= 4 is 18.0 Å². The molecule has 178 valence electrons. The molecule has 7 nitrogen and oxygen atoms in total. The van der Waals surface area contributed by atoms with Gasteiger partial charge in [0.1, 0.15) is 17.2 Å². The molecule has 0 saturated heterocycles. The van der Waals surface area contributed by atoms with E-state index in [1.807, 2.05) is 30.3 Å². The Morgan fingerprint density at radius 2 is 1.48 bits per heavy atom. The van der Waals surface area contributed by atoms with Crippen LogP contribution >= 0.6 is 0 Å². The maximum atomic E-state index is 11.1. The lowest BCUT2D eigenvalue weighted by Gasteiger charge is -2.16. The third-order valence-corrected chi connectivity index (χ3v) is 4.92. The summed E-state index contributed by atoms with van der Waals surface area (Å²) in [7, 11) is 1.65. The minimum Gasteiger partial charge on any atom is -0.497 e. The van der Waals surface area contributed by atoms with Crippen LogP contribution in [0.5, 0.6) is 17.2 Å². The Morgan fingerprint density at radius 1 is 0.848 bits per heavy atom. The number of carboxylic acid groups (broad SMARTS) is 2. The average molecular weight is 457 g/mol. The molecule has 33 heavy (non-hydrogen) atoms. The van der Waals surface area contributed by atoms with Crippen molar-refractivity contribution in [1.29, 1.82) is 0 Å². The molecule has 0 heterocycles.